The van der Waals surface area contributed by atoms with Gasteiger partial charge in [-0.25, -0.2) is 4.79 Å². The molecule has 4 nitrogen and oxygen atoms in total. The molecule has 1 aliphatic carbocycles. The molecule has 3 N–H and O–H groups in total. The molecule has 7 heteroatoms. The summed E-state index contributed by atoms with van der Waals surface area (Å²) in [6, 6.07) is -0.651. The summed E-state index contributed by atoms with van der Waals surface area (Å²) in [6.07, 6.45) is 1.94. The van der Waals surface area contributed by atoms with Crippen LogP contribution in [0.5, 0.6) is 0 Å². The Bertz CT molecular complexity index is 326. The fourth-order valence-corrected chi connectivity index (χ4v) is 3.02. The zero-order valence-corrected chi connectivity index (χ0v) is 12.6. The average Bonchev–Trinajstić information content (AvgIpc) is 2.67. The lowest BCUT2D eigenvalue weighted by Crippen LogP contribution is -2.59. The number of carbonyl (C=O) groups is 1. The van der Waals surface area contributed by atoms with Gasteiger partial charge in [-0.2, -0.15) is 13.2 Å². The lowest BCUT2D eigenvalue weighted by Gasteiger charge is -2.43. The maximum atomic E-state index is 12.3. The average molecular weight is 309 g/mol. The maximum absolute atomic E-state index is 12.3. The van der Waals surface area contributed by atoms with Crippen molar-refractivity contribution in [2.75, 3.05) is 19.6 Å². The van der Waals surface area contributed by atoms with E-state index in [4.69, 9.17) is 5.73 Å². The molecule has 0 bridgehead atoms. The Morgan fingerprint density at radius 3 is 2.24 bits per heavy atom. The summed E-state index contributed by atoms with van der Waals surface area (Å²) in [5.41, 5.74) is 5.42. The van der Waals surface area contributed by atoms with Crippen LogP contribution in [0.1, 0.15) is 51.9 Å². The minimum absolute atomic E-state index is 0.298. The molecule has 21 heavy (non-hydrogen) atoms. The first-order chi connectivity index (χ1) is 9.84. The molecule has 0 heterocycles. The van der Waals surface area contributed by atoms with E-state index >= 15 is 0 Å². The van der Waals surface area contributed by atoms with Crippen molar-refractivity contribution in [3.8, 4) is 0 Å². The lowest BCUT2D eigenvalue weighted by atomic mass is 9.88. The minimum atomic E-state index is -4.40. The molecule has 2 amide bonds. The van der Waals surface area contributed by atoms with Gasteiger partial charge in [0, 0.05) is 13.1 Å². The third-order valence-electron chi connectivity index (χ3n) is 4.12. The standard InChI is InChI=1S/C14H26F3N3O/c1-2-9-20(12(21)19-11-14(15,16)17)13(10-18)7-5-3-4-6-8-13/h2-11,18H2,1H3,(H,19,21). The number of nitrogens with two attached hydrogens (primary N) is 1. The number of alkyl halides is 3. The van der Waals surface area contributed by atoms with Crippen molar-refractivity contribution in [3.63, 3.8) is 0 Å². The Labute approximate surface area is 124 Å². The summed E-state index contributed by atoms with van der Waals surface area (Å²) in [4.78, 5) is 13.8. The van der Waals surface area contributed by atoms with E-state index in [2.05, 4.69) is 0 Å². The maximum Gasteiger partial charge on any atom is 0.405 e. The molecule has 0 aromatic carbocycles. The Morgan fingerprint density at radius 1 is 1.24 bits per heavy atom. The van der Waals surface area contributed by atoms with Crippen LogP contribution in [0.25, 0.3) is 0 Å². The molecule has 0 unspecified atom stereocenters. The fraction of sp³-hybridized carbons (Fsp3) is 0.929. The number of amides is 2. The van der Waals surface area contributed by atoms with E-state index in [1.165, 1.54) is 0 Å². The van der Waals surface area contributed by atoms with Gasteiger partial charge in [0.1, 0.15) is 6.54 Å². The number of nitrogens with one attached hydrogen (secondary N) is 1. The molecule has 0 atom stereocenters. The van der Waals surface area contributed by atoms with Crippen LogP contribution in [0, 0.1) is 0 Å². The molecule has 1 aliphatic rings. The topological polar surface area (TPSA) is 58.4 Å². The Hall–Kier alpha value is -0.980. The second-order valence-electron chi connectivity index (χ2n) is 5.77. The van der Waals surface area contributed by atoms with E-state index in [1.807, 2.05) is 12.2 Å². The highest BCUT2D eigenvalue weighted by Gasteiger charge is 2.39. The van der Waals surface area contributed by atoms with Crippen LogP contribution in [0.2, 0.25) is 0 Å². The van der Waals surface area contributed by atoms with E-state index in [-0.39, 0.29) is 0 Å². The molecule has 0 spiro atoms. The van der Waals surface area contributed by atoms with Crippen molar-refractivity contribution in [2.24, 2.45) is 5.73 Å². The summed E-state index contributed by atoms with van der Waals surface area (Å²) in [5.74, 6) is 0. The number of hydrogen-bond donors (Lipinski definition) is 2. The third-order valence-corrected chi connectivity index (χ3v) is 4.12. The van der Waals surface area contributed by atoms with Gasteiger partial charge >= 0.3 is 12.2 Å². The van der Waals surface area contributed by atoms with E-state index in [1.54, 1.807) is 4.90 Å². The van der Waals surface area contributed by atoms with Crippen molar-refractivity contribution in [1.29, 1.82) is 0 Å². The number of rotatable bonds is 5. The smallest absolute Gasteiger partial charge is 0.329 e. The zero-order chi connectivity index (χ0) is 15.9. The van der Waals surface area contributed by atoms with Gasteiger partial charge in [0.15, 0.2) is 0 Å². The molecule has 0 aliphatic heterocycles. The second-order valence-corrected chi connectivity index (χ2v) is 5.77. The Morgan fingerprint density at radius 2 is 1.81 bits per heavy atom. The quantitative estimate of drug-likeness (QED) is 0.767. The van der Waals surface area contributed by atoms with Crippen molar-refractivity contribution >= 4 is 6.03 Å². The third kappa shape index (κ3) is 5.37. The second kappa shape index (κ2) is 7.87. The van der Waals surface area contributed by atoms with E-state index in [0.717, 1.165) is 38.5 Å². The highest BCUT2D eigenvalue weighted by atomic mass is 19.4. The molecular formula is C14H26F3N3O. The first-order valence-electron chi connectivity index (χ1n) is 7.67. The van der Waals surface area contributed by atoms with Gasteiger partial charge in [0.05, 0.1) is 5.54 Å². The molecule has 0 aromatic heterocycles. The van der Waals surface area contributed by atoms with Crippen molar-refractivity contribution in [2.45, 2.75) is 63.6 Å². The Balaban J connectivity index is 2.83. The number of nitrogens with zero attached hydrogens (tertiary/aromatic N) is 1. The number of halogens is 3. The van der Waals surface area contributed by atoms with Crippen molar-refractivity contribution in [3.05, 3.63) is 0 Å². The van der Waals surface area contributed by atoms with Gasteiger partial charge in [-0.05, 0) is 19.3 Å². The van der Waals surface area contributed by atoms with Gasteiger partial charge in [-0.15, -0.1) is 0 Å². The summed E-state index contributed by atoms with van der Waals surface area (Å²) >= 11 is 0. The van der Waals surface area contributed by atoms with E-state index in [0.29, 0.717) is 19.5 Å². The summed E-state index contributed by atoms with van der Waals surface area (Å²) in [6.45, 7) is 1.34. The lowest BCUT2D eigenvalue weighted by molar-refractivity contribution is -0.123. The predicted octanol–water partition coefficient (Wildman–Crippen LogP) is 3.02. The molecule has 1 fully saturated rings. The van der Waals surface area contributed by atoms with Gasteiger partial charge in [0.25, 0.3) is 0 Å². The van der Waals surface area contributed by atoms with Gasteiger partial charge in [0.2, 0.25) is 0 Å². The minimum Gasteiger partial charge on any atom is -0.329 e. The number of urea groups is 1. The molecule has 124 valence electrons. The van der Waals surface area contributed by atoms with E-state index in [9.17, 15) is 18.0 Å². The van der Waals surface area contributed by atoms with Crippen LogP contribution in [0.3, 0.4) is 0 Å². The van der Waals surface area contributed by atoms with Gasteiger partial charge in [-0.3, -0.25) is 0 Å². The number of carbonyl (C=O) groups excluding carboxylic acids is 1. The first-order valence-corrected chi connectivity index (χ1v) is 7.67. The monoisotopic (exact) mass is 309 g/mol. The highest BCUT2D eigenvalue weighted by Crippen LogP contribution is 2.32. The highest BCUT2D eigenvalue weighted by molar-refractivity contribution is 5.75. The predicted molar refractivity (Wildman–Crippen MR) is 75.9 cm³/mol. The van der Waals surface area contributed by atoms with Crippen molar-refractivity contribution < 1.29 is 18.0 Å². The largest absolute Gasteiger partial charge is 0.405 e. The van der Waals surface area contributed by atoms with Crippen LogP contribution in [-0.4, -0.2) is 42.3 Å². The summed E-state index contributed by atoms with van der Waals surface area (Å²) in [7, 11) is 0. The Kier molecular flexibility index (Phi) is 6.77. The number of hydrogen-bond acceptors (Lipinski definition) is 2. The fourth-order valence-electron chi connectivity index (χ4n) is 3.02. The normalized spacial score (nSPS) is 18.9. The summed E-state index contributed by atoms with van der Waals surface area (Å²) in [5, 5.41) is 1.99. The zero-order valence-electron chi connectivity index (χ0n) is 12.6. The van der Waals surface area contributed by atoms with Gasteiger partial charge < -0.3 is 16.0 Å². The van der Waals surface area contributed by atoms with Gasteiger partial charge in [-0.1, -0.05) is 32.6 Å². The molecule has 0 aromatic rings. The SMILES string of the molecule is CCCN(C(=O)NCC(F)(F)F)C1(CN)CCCCCC1. The molecule has 0 radical (unpaired) electrons. The van der Waals surface area contributed by atoms with Crippen LogP contribution < -0.4 is 11.1 Å². The molecular weight excluding hydrogens is 283 g/mol. The first kappa shape index (κ1) is 18.1. The van der Waals surface area contributed by atoms with Crippen LogP contribution in [-0.2, 0) is 0 Å². The van der Waals surface area contributed by atoms with Crippen molar-refractivity contribution in [1.82, 2.24) is 10.2 Å². The summed E-state index contributed by atoms with van der Waals surface area (Å²) < 4.78 is 36.9. The van der Waals surface area contributed by atoms with Crippen LogP contribution in [0.15, 0.2) is 0 Å². The molecule has 0 saturated heterocycles. The van der Waals surface area contributed by atoms with Crippen LogP contribution in [0.4, 0.5) is 18.0 Å². The van der Waals surface area contributed by atoms with E-state index < -0.39 is 24.3 Å². The molecule has 1 saturated carbocycles. The molecule has 1 rings (SSSR count). The van der Waals surface area contributed by atoms with Crippen LogP contribution >= 0.6 is 0 Å².